The second-order valence-electron chi connectivity index (χ2n) is 7.02. The summed E-state index contributed by atoms with van der Waals surface area (Å²) >= 11 is 12.2. The number of halogens is 2. The zero-order chi connectivity index (χ0) is 24.0. The van der Waals surface area contributed by atoms with E-state index in [1.165, 1.54) is 36.5 Å². The molecule has 1 N–H and O–H groups in total. The van der Waals surface area contributed by atoms with Crippen LogP contribution in [0.1, 0.15) is 11.1 Å². The molecular formula is C23H21Cl2N3O4S. The molecule has 3 aromatic carbocycles. The number of hydrogen-bond acceptors (Lipinski definition) is 5. The van der Waals surface area contributed by atoms with E-state index in [-0.39, 0.29) is 20.6 Å². The second-order valence-corrected chi connectivity index (χ2v) is 9.76. The third kappa shape index (κ3) is 6.47. The number of methoxy groups -OCH3 is 1. The van der Waals surface area contributed by atoms with Crippen LogP contribution in [0.5, 0.6) is 5.75 Å². The molecule has 3 aromatic rings. The maximum absolute atomic E-state index is 13.4. The first-order valence-corrected chi connectivity index (χ1v) is 11.9. The van der Waals surface area contributed by atoms with Crippen LogP contribution in [0.3, 0.4) is 0 Å². The smallest absolute Gasteiger partial charge is 0.264 e. The molecule has 0 atom stereocenters. The largest absolute Gasteiger partial charge is 0.497 e. The minimum atomic E-state index is -4.10. The summed E-state index contributed by atoms with van der Waals surface area (Å²) in [5.41, 5.74) is 4.09. The van der Waals surface area contributed by atoms with Gasteiger partial charge in [-0.1, -0.05) is 53.0 Å². The number of anilines is 1. The third-order valence-corrected chi connectivity index (χ3v) is 6.75. The van der Waals surface area contributed by atoms with Crippen molar-refractivity contribution in [3.05, 3.63) is 87.9 Å². The fourth-order valence-electron chi connectivity index (χ4n) is 2.90. The van der Waals surface area contributed by atoms with Crippen molar-refractivity contribution in [2.45, 2.75) is 11.8 Å². The van der Waals surface area contributed by atoms with E-state index >= 15 is 0 Å². The molecule has 1 amide bonds. The zero-order valence-corrected chi connectivity index (χ0v) is 20.2. The van der Waals surface area contributed by atoms with Crippen LogP contribution >= 0.6 is 23.2 Å². The first kappa shape index (κ1) is 24.6. The van der Waals surface area contributed by atoms with Gasteiger partial charge >= 0.3 is 0 Å². The van der Waals surface area contributed by atoms with Gasteiger partial charge in [0.2, 0.25) is 0 Å². The highest BCUT2D eigenvalue weighted by atomic mass is 35.5. The lowest BCUT2D eigenvalue weighted by molar-refractivity contribution is -0.119. The van der Waals surface area contributed by atoms with Gasteiger partial charge in [-0.05, 0) is 55.0 Å². The molecule has 172 valence electrons. The van der Waals surface area contributed by atoms with Crippen molar-refractivity contribution in [3.8, 4) is 5.75 Å². The van der Waals surface area contributed by atoms with E-state index in [1.807, 2.05) is 6.92 Å². The topological polar surface area (TPSA) is 88.1 Å². The Morgan fingerprint density at radius 1 is 1.06 bits per heavy atom. The number of sulfonamides is 1. The van der Waals surface area contributed by atoms with E-state index in [0.29, 0.717) is 11.3 Å². The highest BCUT2D eigenvalue weighted by molar-refractivity contribution is 7.92. The Bertz CT molecular complexity index is 1260. The van der Waals surface area contributed by atoms with Crippen LogP contribution in [-0.2, 0) is 14.8 Å². The Morgan fingerprint density at radius 2 is 1.73 bits per heavy atom. The van der Waals surface area contributed by atoms with Crippen LogP contribution in [0.2, 0.25) is 10.0 Å². The molecule has 7 nitrogen and oxygen atoms in total. The summed E-state index contributed by atoms with van der Waals surface area (Å²) in [6.07, 6.45) is 1.43. The van der Waals surface area contributed by atoms with Crippen LogP contribution in [0.25, 0.3) is 0 Å². The Morgan fingerprint density at radius 3 is 2.36 bits per heavy atom. The van der Waals surface area contributed by atoms with Crippen LogP contribution in [0.15, 0.2) is 76.7 Å². The number of hydrogen-bond donors (Lipinski definition) is 1. The average molecular weight is 506 g/mol. The molecule has 33 heavy (non-hydrogen) atoms. The number of amides is 1. The van der Waals surface area contributed by atoms with Gasteiger partial charge in [-0.25, -0.2) is 13.8 Å². The SMILES string of the molecule is COc1cccc(/C=N/NC(=O)CN(c2cc(Cl)cc(Cl)c2)S(=O)(=O)c2ccc(C)cc2)c1. The van der Waals surface area contributed by atoms with E-state index in [9.17, 15) is 13.2 Å². The lowest BCUT2D eigenvalue weighted by Gasteiger charge is -2.24. The van der Waals surface area contributed by atoms with Gasteiger partial charge in [0.25, 0.3) is 15.9 Å². The van der Waals surface area contributed by atoms with Crippen molar-refractivity contribution in [1.82, 2.24) is 5.43 Å². The van der Waals surface area contributed by atoms with Crippen LogP contribution < -0.4 is 14.5 Å². The maximum atomic E-state index is 13.4. The van der Waals surface area contributed by atoms with Crippen LogP contribution in [0, 0.1) is 6.92 Å². The summed E-state index contributed by atoms with van der Waals surface area (Å²) in [7, 11) is -2.55. The molecular weight excluding hydrogens is 485 g/mol. The summed E-state index contributed by atoms with van der Waals surface area (Å²) in [5, 5.41) is 4.38. The fraction of sp³-hybridized carbons (Fsp3) is 0.130. The van der Waals surface area contributed by atoms with Gasteiger partial charge in [-0.2, -0.15) is 5.10 Å². The second kappa shape index (κ2) is 10.7. The molecule has 0 aliphatic carbocycles. The van der Waals surface area contributed by atoms with Crippen LogP contribution in [0.4, 0.5) is 5.69 Å². The number of hydrazone groups is 1. The number of aryl methyl sites for hydroxylation is 1. The normalized spacial score (nSPS) is 11.4. The van der Waals surface area contributed by atoms with Gasteiger partial charge in [0, 0.05) is 10.0 Å². The molecule has 0 bridgehead atoms. The molecule has 0 fully saturated rings. The molecule has 10 heteroatoms. The standard InChI is InChI=1S/C23H21Cl2N3O4S/c1-16-6-8-22(9-7-16)33(30,31)28(20-12-18(24)11-19(25)13-20)15-23(29)27-26-14-17-4-3-5-21(10-17)32-2/h3-14H,15H2,1-2H3,(H,27,29)/b26-14+. The summed E-state index contributed by atoms with van der Waals surface area (Å²) in [4.78, 5) is 12.6. The Hall–Kier alpha value is -3.07. The van der Waals surface area contributed by atoms with Gasteiger partial charge < -0.3 is 4.74 Å². The summed E-state index contributed by atoms with van der Waals surface area (Å²) < 4.78 is 32.8. The molecule has 0 spiro atoms. The molecule has 3 rings (SSSR count). The highest BCUT2D eigenvalue weighted by Gasteiger charge is 2.27. The van der Waals surface area contributed by atoms with Gasteiger partial charge in [0.1, 0.15) is 12.3 Å². The zero-order valence-electron chi connectivity index (χ0n) is 17.8. The molecule has 0 saturated carbocycles. The van der Waals surface area contributed by atoms with E-state index in [4.69, 9.17) is 27.9 Å². The van der Waals surface area contributed by atoms with Gasteiger partial charge in [-0.15, -0.1) is 0 Å². The molecule has 0 aromatic heterocycles. The predicted octanol–water partition coefficient (Wildman–Crippen LogP) is 4.66. The molecule has 0 aliphatic rings. The lowest BCUT2D eigenvalue weighted by Crippen LogP contribution is -2.39. The van der Waals surface area contributed by atoms with E-state index in [2.05, 4.69) is 10.5 Å². The van der Waals surface area contributed by atoms with Gasteiger partial charge in [0.15, 0.2) is 0 Å². The Kier molecular flexibility index (Phi) is 7.97. The summed E-state index contributed by atoms with van der Waals surface area (Å²) in [5.74, 6) is -0.0144. The molecule has 0 radical (unpaired) electrons. The third-order valence-electron chi connectivity index (χ3n) is 4.53. The van der Waals surface area contributed by atoms with Crippen molar-refractivity contribution >= 4 is 51.0 Å². The lowest BCUT2D eigenvalue weighted by atomic mass is 10.2. The number of carbonyl (C=O) groups excluding carboxylic acids is 1. The average Bonchev–Trinajstić information content (AvgIpc) is 2.77. The first-order chi connectivity index (χ1) is 15.7. The highest BCUT2D eigenvalue weighted by Crippen LogP contribution is 2.29. The van der Waals surface area contributed by atoms with Crippen LogP contribution in [-0.4, -0.2) is 34.2 Å². The van der Waals surface area contributed by atoms with Gasteiger partial charge in [-0.3, -0.25) is 9.10 Å². The van der Waals surface area contributed by atoms with Crippen molar-refractivity contribution in [3.63, 3.8) is 0 Å². The van der Waals surface area contributed by atoms with Crippen molar-refractivity contribution in [2.75, 3.05) is 18.0 Å². The number of nitrogens with one attached hydrogen (secondary N) is 1. The molecule has 0 aliphatic heterocycles. The quantitative estimate of drug-likeness (QED) is 0.356. The molecule has 0 saturated heterocycles. The van der Waals surface area contributed by atoms with E-state index < -0.39 is 22.5 Å². The Labute approximate surface area is 202 Å². The summed E-state index contributed by atoms with van der Waals surface area (Å²) in [6, 6.07) is 17.7. The van der Waals surface area contributed by atoms with Crippen molar-refractivity contribution in [2.24, 2.45) is 5.10 Å². The molecule has 0 unspecified atom stereocenters. The van der Waals surface area contributed by atoms with Crippen molar-refractivity contribution < 1.29 is 17.9 Å². The van der Waals surface area contributed by atoms with E-state index in [0.717, 1.165) is 9.87 Å². The van der Waals surface area contributed by atoms with E-state index in [1.54, 1.807) is 43.5 Å². The number of benzene rings is 3. The van der Waals surface area contributed by atoms with Gasteiger partial charge in [0.05, 0.1) is 23.9 Å². The predicted molar refractivity (Wildman–Crippen MR) is 131 cm³/mol. The summed E-state index contributed by atoms with van der Waals surface area (Å²) in [6.45, 7) is 1.31. The Balaban J connectivity index is 1.87. The number of carbonyl (C=O) groups is 1. The minimum absolute atomic E-state index is 0.0249. The number of rotatable bonds is 8. The number of ether oxygens (including phenoxy) is 1. The number of nitrogens with zero attached hydrogens (tertiary/aromatic N) is 2. The fourth-order valence-corrected chi connectivity index (χ4v) is 4.82. The first-order valence-electron chi connectivity index (χ1n) is 9.70. The maximum Gasteiger partial charge on any atom is 0.264 e. The minimum Gasteiger partial charge on any atom is -0.497 e. The monoisotopic (exact) mass is 505 g/mol. The van der Waals surface area contributed by atoms with Crippen molar-refractivity contribution in [1.29, 1.82) is 0 Å². The molecule has 0 heterocycles.